The minimum absolute atomic E-state index is 0.757. The largest absolute Gasteiger partial charge is 0.494 e. The summed E-state index contributed by atoms with van der Waals surface area (Å²) in [5.41, 5.74) is 3.62. The minimum Gasteiger partial charge on any atom is -0.494 e. The van der Waals surface area contributed by atoms with Crippen LogP contribution in [-0.2, 0) is 26.7 Å². The molecule has 3 aromatic rings. The number of aryl methyl sites for hydroxylation is 1. The van der Waals surface area contributed by atoms with Crippen LogP contribution in [-0.4, -0.2) is 21.3 Å². The van der Waals surface area contributed by atoms with E-state index in [1.54, 1.807) is 0 Å². The van der Waals surface area contributed by atoms with Gasteiger partial charge in [0.05, 0.1) is 16.8 Å². The van der Waals surface area contributed by atoms with Crippen LogP contribution in [0.4, 0.5) is 0 Å². The average molecular weight is 428 g/mol. The van der Waals surface area contributed by atoms with E-state index < -0.39 is 0 Å². The molecular formula is C22H26BrN3O. The monoisotopic (exact) mass is 427 g/mol. The molecule has 3 rings (SSSR count). The molecule has 27 heavy (non-hydrogen) atoms. The van der Waals surface area contributed by atoms with E-state index in [9.17, 15) is 0 Å². The normalized spacial score (nSPS) is 11.1. The lowest BCUT2D eigenvalue weighted by atomic mass is 10.1. The van der Waals surface area contributed by atoms with Gasteiger partial charge in [-0.2, -0.15) is 5.10 Å². The molecule has 0 amide bonds. The zero-order valence-electron chi connectivity index (χ0n) is 15.9. The molecule has 0 saturated carbocycles. The maximum Gasteiger partial charge on any atom is 0.119 e. The van der Waals surface area contributed by atoms with Crippen LogP contribution in [0.1, 0.15) is 30.2 Å². The highest BCUT2D eigenvalue weighted by molar-refractivity contribution is 9.10. The first-order valence-electron chi connectivity index (χ1n) is 9.30. The molecule has 0 saturated heterocycles. The third-order valence-electron chi connectivity index (χ3n) is 4.28. The van der Waals surface area contributed by atoms with E-state index in [4.69, 9.17) is 4.74 Å². The highest BCUT2D eigenvalue weighted by Crippen LogP contribution is 2.20. The summed E-state index contributed by atoms with van der Waals surface area (Å²) in [7, 11) is 1.95. The number of nitrogens with zero attached hydrogens (tertiary/aromatic N) is 3. The Bertz CT molecular complexity index is 831. The number of benzene rings is 2. The SMILES string of the molecule is CCCOc1ccc(CN(Cc2ccccc2)Cc2nn(C)cc2Br)cc1. The van der Waals surface area contributed by atoms with Crippen molar-refractivity contribution in [3.8, 4) is 5.75 Å². The summed E-state index contributed by atoms with van der Waals surface area (Å²) in [5.74, 6) is 0.933. The molecule has 0 fully saturated rings. The Morgan fingerprint density at radius 3 is 2.22 bits per heavy atom. The summed E-state index contributed by atoms with van der Waals surface area (Å²) in [5, 5.41) is 4.59. The van der Waals surface area contributed by atoms with Gasteiger partial charge < -0.3 is 4.74 Å². The number of rotatable bonds is 9. The van der Waals surface area contributed by atoms with E-state index in [0.717, 1.165) is 48.6 Å². The van der Waals surface area contributed by atoms with E-state index in [1.807, 2.05) is 17.9 Å². The maximum atomic E-state index is 5.69. The summed E-state index contributed by atoms with van der Waals surface area (Å²) in [6, 6.07) is 19.0. The van der Waals surface area contributed by atoms with Crippen LogP contribution < -0.4 is 4.74 Å². The molecule has 2 aromatic carbocycles. The van der Waals surface area contributed by atoms with Gasteiger partial charge in [0, 0.05) is 32.9 Å². The smallest absolute Gasteiger partial charge is 0.119 e. The first kappa shape index (κ1) is 19.6. The van der Waals surface area contributed by atoms with Gasteiger partial charge in [-0.1, -0.05) is 49.4 Å². The molecule has 1 heterocycles. The predicted molar refractivity (Wildman–Crippen MR) is 113 cm³/mol. The lowest BCUT2D eigenvalue weighted by molar-refractivity contribution is 0.243. The lowest BCUT2D eigenvalue weighted by Crippen LogP contribution is -2.23. The zero-order valence-corrected chi connectivity index (χ0v) is 17.5. The van der Waals surface area contributed by atoms with E-state index in [0.29, 0.717) is 0 Å². The van der Waals surface area contributed by atoms with Crippen molar-refractivity contribution in [3.05, 3.63) is 82.1 Å². The van der Waals surface area contributed by atoms with Gasteiger partial charge in [-0.15, -0.1) is 0 Å². The molecule has 0 aliphatic rings. The number of hydrogen-bond donors (Lipinski definition) is 0. The molecule has 4 nitrogen and oxygen atoms in total. The highest BCUT2D eigenvalue weighted by atomic mass is 79.9. The number of aromatic nitrogens is 2. The summed E-state index contributed by atoms with van der Waals surface area (Å²) >= 11 is 3.62. The van der Waals surface area contributed by atoms with Gasteiger partial charge in [0.2, 0.25) is 0 Å². The Labute approximate surface area is 169 Å². The molecular weight excluding hydrogens is 402 g/mol. The number of ether oxygens (including phenoxy) is 1. The Morgan fingerprint density at radius 1 is 0.963 bits per heavy atom. The highest BCUT2D eigenvalue weighted by Gasteiger charge is 2.13. The standard InChI is InChI=1S/C22H26BrN3O/c1-3-13-27-20-11-9-19(10-12-20)15-26(14-18-7-5-4-6-8-18)17-22-21(23)16-25(2)24-22/h4-12,16H,3,13-15,17H2,1-2H3. The first-order valence-corrected chi connectivity index (χ1v) is 10.1. The van der Waals surface area contributed by atoms with E-state index in [1.165, 1.54) is 11.1 Å². The average Bonchev–Trinajstić information content (AvgIpc) is 2.99. The van der Waals surface area contributed by atoms with Crippen molar-refractivity contribution in [2.75, 3.05) is 6.61 Å². The summed E-state index contributed by atoms with van der Waals surface area (Å²) in [4.78, 5) is 2.41. The molecule has 0 N–H and O–H groups in total. The van der Waals surface area contributed by atoms with Crippen LogP contribution in [0.15, 0.2) is 65.3 Å². The Kier molecular flexibility index (Phi) is 7.07. The van der Waals surface area contributed by atoms with Crippen LogP contribution >= 0.6 is 15.9 Å². The van der Waals surface area contributed by atoms with Crippen molar-refractivity contribution < 1.29 is 4.74 Å². The van der Waals surface area contributed by atoms with Gasteiger partial charge in [-0.25, -0.2) is 0 Å². The van der Waals surface area contributed by atoms with Gasteiger partial charge >= 0.3 is 0 Å². The van der Waals surface area contributed by atoms with Crippen molar-refractivity contribution >= 4 is 15.9 Å². The molecule has 0 aliphatic heterocycles. The maximum absolute atomic E-state index is 5.69. The Hall–Kier alpha value is -2.11. The fraction of sp³-hybridized carbons (Fsp3) is 0.318. The van der Waals surface area contributed by atoms with Gasteiger partial charge in [0.25, 0.3) is 0 Å². The fourth-order valence-corrected chi connectivity index (χ4v) is 3.50. The van der Waals surface area contributed by atoms with Crippen molar-refractivity contribution in [2.45, 2.75) is 33.0 Å². The topological polar surface area (TPSA) is 30.3 Å². The fourth-order valence-electron chi connectivity index (χ4n) is 3.00. The quantitative estimate of drug-likeness (QED) is 0.471. The van der Waals surface area contributed by atoms with Crippen LogP contribution in [0.2, 0.25) is 0 Å². The van der Waals surface area contributed by atoms with Gasteiger partial charge in [-0.05, 0) is 45.6 Å². The molecule has 0 bridgehead atoms. The van der Waals surface area contributed by atoms with Crippen LogP contribution in [0.5, 0.6) is 5.75 Å². The summed E-state index contributed by atoms with van der Waals surface area (Å²) in [6.07, 6.45) is 3.02. The van der Waals surface area contributed by atoms with E-state index in [-0.39, 0.29) is 0 Å². The minimum atomic E-state index is 0.757. The molecule has 1 aromatic heterocycles. The van der Waals surface area contributed by atoms with E-state index >= 15 is 0 Å². The zero-order chi connectivity index (χ0) is 19.1. The molecule has 0 atom stereocenters. The van der Waals surface area contributed by atoms with Crippen molar-refractivity contribution in [3.63, 3.8) is 0 Å². The lowest BCUT2D eigenvalue weighted by Gasteiger charge is -2.22. The first-order chi connectivity index (χ1) is 13.1. The van der Waals surface area contributed by atoms with Crippen molar-refractivity contribution in [2.24, 2.45) is 7.05 Å². The second-order valence-electron chi connectivity index (χ2n) is 6.72. The molecule has 5 heteroatoms. The summed E-state index contributed by atoms with van der Waals surface area (Å²) < 4.78 is 8.59. The van der Waals surface area contributed by atoms with Crippen LogP contribution in [0, 0.1) is 0 Å². The molecule has 0 spiro atoms. The molecule has 0 aliphatic carbocycles. The summed E-state index contributed by atoms with van der Waals surface area (Å²) in [6.45, 7) is 5.38. The number of halogens is 1. The second-order valence-corrected chi connectivity index (χ2v) is 7.57. The Balaban J connectivity index is 1.73. The molecule has 0 radical (unpaired) electrons. The van der Waals surface area contributed by atoms with Crippen molar-refractivity contribution in [1.29, 1.82) is 0 Å². The van der Waals surface area contributed by atoms with Gasteiger partial charge in [0.15, 0.2) is 0 Å². The predicted octanol–water partition coefficient (Wildman–Crippen LogP) is 5.17. The molecule has 0 unspecified atom stereocenters. The molecule has 142 valence electrons. The third kappa shape index (κ3) is 5.94. The van der Waals surface area contributed by atoms with Crippen LogP contribution in [0.3, 0.4) is 0 Å². The number of hydrogen-bond acceptors (Lipinski definition) is 3. The third-order valence-corrected chi connectivity index (χ3v) is 4.94. The van der Waals surface area contributed by atoms with Crippen molar-refractivity contribution in [1.82, 2.24) is 14.7 Å². The van der Waals surface area contributed by atoms with Gasteiger partial charge in [-0.3, -0.25) is 9.58 Å². The second kappa shape index (κ2) is 9.72. The Morgan fingerprint density at radius 2 is 1.63 bits per heavy atom. The van der Waals surface area contributed by atoms with Crippen LogP contribution in [0.25, 0.3) is 0 Å². The van der Waals surface area contributed by atoms with E-state index in [2.05, 4.69) is 87.4 Å². The van der Waals surface area contributed by atoms with Gasteiger partial charge in [0.1, 0.15) is 5.75 Å².